The van der Waals surface area contributed by atoms with Crippen LogP contribution in [0.2, 0.25) is 0 Å². The molecule has 2 aliphatic heterocycles. The summed E-state index contributed by atoms with van der Waals surface area (Å²) in [6, 6.07) is 0. The number of aliphatic imine (C=N–C) groups is 1. The molecule has 0 aliphatic carbocycles. The molecule has 8 nitrogen and oxygen atoms in total. The van der Waals surface area contributed by atoms with Gasteiger partial charge in [-0.05, 0) is 71.6 Å². The van der Waals surface area contributed by atoms with Crippen molar-refractivity contribution in [2.75, 3.05) is 59.2 Å². The second-order valence-corrected chi connectivity index (χ2v) is 9.57. The van der Waals surface area contributed by atoms with Crippen LogP contribution in [0.4, 0.5) is 4.79 Å². The van der Waals surface area contributed by atoms with Crippen molar-refractivity contribution in [1.29, 1.82) is 0 Å². The van der Waals surface area contributed by atoms with E-state index in [-0.39, 0.29) is 30.1 Å². The van der Waals surface area contributed by atoms with E-state index in [0.717, 1.165) is 84.1 Å². The number of rotatable bonds is 9. The molecular weight excluding hydrogens is 523 g/mol. The predicted octanol–water partition coefficient (Wildman–Crippen LogP) is 3.64. The van der Waals surface area contributed by atoms with Crippen molar-refractivity contribution in [2.24, 2.45) is 16.8 Å². The van der Waals surface area contributed by atoms with Crippen LogP contribution in [0.15, 0.2) is 4.99 Å². The third kappa shape index (κ3) is 12.4. The minimum absolute atomic E-state index is 0. The summed E-state index contributed by atoms with van der Waals surface area (Å²) in [7, 11) is 0. The van der Waals surface area contributed by atoms with Crippen LogP contribution in [0.3, 0.4) is 0 Å². The molecule has 0 radical (unpaired) electrons. The van der Waals surface area contributed by atoms with Gasteiger partial charge in [0.2, 0.25) is 0 Å². The van der Waals surface area contributed by atoms with Gasteiger partial charge in [0, 0.05) is 59.2 Å². The molecule has 0 aromatic carbocycles. The van der Waals surface area contributed by atoms with Crippen LogP contribution < -0.4 is 10.6 Å². The summed E-state index contributed by atoms with van der Waals surface area (Å²) < 4.78 is 16.7. The number of likely N-dealkylation sites (tertiary alicyclic amines) is 1. The molecule has 0 spiro atoms. The van der Waals surface area contributed by atoms with E-state index in [1.165, 1.54) is 0 Å². The lowest BCUT2D eigenvalue weighted by Crippen LogP contribution is -2.44. The number of amides is 1. The summed E-state index contributed by atoms with van der Waals surface area (Å²) in [4.78, 5) is 18.9. The van der Waals surface area contributed by atoms with Gasteiger partial charge in [0.1, 0.15) is 5.60 Å². The zero-order valence-electron chi connectivity index (χ0n) is 20.5. The topological polar surface area (TPSA) is 84.4 Å². The minimum Gasteiger partial charge on any atom is -0.444 e. The number of piperidine rings is 1. The average Bonchev–Trinajstić information content (AvgIpc) is 2.74. The zero-order chi connectivity index (χ0) is 22.5. The number of nitrogens with one attached hydrogen (secondary N) is 2. The summed E-state index contributed by atoms with van der Waals surface area (Å²) in [5.74, 6) is 1.84. The lowest BCUT2D eigenvalue weighted by Gasteiger charge is -2.33. The number of hydrogen-bond donors (Lipinski definition) is 2. The molecule has 0 aromatic rings. The van der Waals surface area contributed by atoms with E-state index in [0.29, 0.717) is 24.9 Å². The van der Waals surface area contributed by atoms with E-state index in [2.05, 4.69) is 17.6 Å². The Labute approximate surface area is 211 Å². The van der Waals surface area contributed by atoms with Crippen molar-refractivity contribution in [3.8, 4) is 0 Å². The first-order chi connectivity index (χ1) is 14.9. The van der Waals surface area contributed by atoms with Gasteiger partial charge in [-0.15, -0.1) is 24.0 Å². The van der Waals surface area contributed by atoms with Gasteiger partial charge in [-0.2, -0.15) is 0 Å². The molecule has 32 heavy (non-hydrogen) atoms. The molecule has 2 fully saturated rings. The van der Waals surface area contributed by atoms with E-state index >= 15 is 0 Å². The molecule has 2 aliphatic rings. The summed E-state index contributed by atoms with van der Waals surface area (Å²) in [5, 5.41) is 6.71. The number of hydrogen-bond acceptors (Lipinski definition) is 5. The molecule has 1 amide bonds. The highest BCUT2D eigenvalue weighted by atomic mass is 127. The molecule has 2 N–H and O–H groups in total. The number of halogens is 1. The average molecular weight is 569 g/mol. The number of carbonyl (C=O) groups excluding carboxylic acids is 1. The van der Waals surface area contributed by atoms with Gasteiger partial charge >= 0.3 is 6.09 Å². The highest BCUT2D eigenvalue weighted by molar-refractivity contribution is 14.0. The third-order valence-corrected chi connectivity index (χ3v) is 5.47. The number of guanidine groups is 1. The first kappa shape index (κ1) is 29.2. The number of ether oxygens (including phenoxy) is 3. The molecule has 1 atom stereocenters. The molecular formula is C23H45IN4O4. The van der Waals surface area contributed by atoms with E-state index in [9.17, 15) is 4.79 Å². The molecule has 188 valence electrons. The van der Waals surface area contributed by atoms with Crippen molar-refractivity contribution in [1.82, 2.24) is 15.5 Å². The fraction of sp³-hybridized carbons (Fsp3) is 0.913. The molecule has 0 saturated carbocycles. The molecule has 2 heterocycles. The Morgan fingerprint density at radius 2 is 1.91 bits per heavy atom. The maximum atomic E-state index is 12.4. The monoisotopic (exact) mass is 568 g/mol. The maximum Gasteiger partial charge on any atom is 0.410 e. The summed E-state index contributed by atoms with van der Waals surface area (Å²) >= 11 is 0. The number of carbonyl (C=O) groups is 1. The van der Waals surface area contributed by atoms with Crippen molar-refractivity contribution in [2.45, 2.75) is 65.4 Å². The van der Waals surface area contributed by atoms with Gasteiger partial charge in [0.15, 0.2) is 5.96 Å². The molecule has 2 rings (SSSR count). The Kier molecular flexibility index (Phi) is 14.5. The van der Waals surface area contributed by atoms with Gasteiger partial charge in [0.05, 0.1) is 0 Å². The molecule has 2 saturated heterocycles. The predicted molar refractivity (Wildman–Crippen MR) is 139 cm³/mol. The van der Waals surface area contributed by atoms with Gasteiger partial charge in [-0.1, -0.05) is 0 Å². The lowest BCUT2D eigenvalue weighted by molar-refractivity contribution is 0.0170. The minimum atomic E-state index is -0.459. The third-order valence-electron chi connectivity index (χ3n) is 5.47. The highest BCUT2D eigenvalue weighted by Crippen LogP contribution is 2.19. The van der Waals surface area contributed by atoms with Crippen molar-refractivity contribution < 1.29 is 19.0 Å². The van der Waals surface area contributed by atoms with E-state index in [1.54, 1.807) is 0 Å². The summed E-state index contributed by atoms with van der Waals surface area (Å²) in [5.41, 5.74) is -0.459. The van der Waals surface area contributed by atoms with Crippen LogP contribution in [0.1, 0.15) is 59.8 Å². The number of nitrogens with zero attached hydrogens (tertiary/aromatic N) is 2. The van der Waals surface area contributed by atoms with Crippen LogP contribution in [-0.4, -0.2) is 81.7 Å². The van der Waals surface area contributed by atoms with Crippen LogP contribution >= 0.6 is 24.0 Å². The first-order valence-electron chi connectivity index (χ1n) is 12.0. The quantitative estimate of drug-likeness (QED) is 0.191. The van der Waals surface area contributed by atoms with Crippen LogP contribution in [0, 0.1) is 11.8 Å². The standard InChI is InChI=1S/C23H44N4O4.HI/c1-5-24-21(25-11-7-13-30-18-19-9-14-29-15-10-19)26-16-20-8-6-12-27(17-20)22(28)31-23(2,3)4;/h19-20H,5-18H2,1-4H3,(H2,24,25,26);1H. The van der Waals surface area contributed by atoms with Crippen molar-refractivity contribution in [3.05, 3.63) is 0 Å². The SMILES string of the molecule is CCNC(=NCC1CCCN(C(=O)OC(C)(C)C)C1)NCCCOCC1CCOCC1.I. The summed E-state index contributed by atoms with van der Waals surface area (Å²) in [6.45, 7) is 14.9. The van der Waals surface area contributed by atoms with E-state index in [1.807, 2.05) is 25.7 Å². The van der Waals surface area contributed by atoms with Gasteiger partial charge in [0.25, 0.3) is 0 Å². The maximum absolute atomic E-state index is 12.4. The van der Waals surface area contributed by atoms with Gasteiger partial charge in [-0.25, -0.2) is 4.79 Å². The molecule has 0 bridgehead atoms. The van der Waals surface area contributed by atoms with Gasteiger partial charge < -0.3 is 29.7 Å². The Morgan fingerprint density at radius 1 is 1.16 bits per heavy atom. The van der Waals surface area contributed by atoms with Crippen LogP contribution in [-0.2, 0) is 14.2 Å². The fourth-order valence-electron chi connectivity index (χ4n) is 3.81. The van der Waals surface area contributed by atoms with E-state index < -0.39 is 5.60 Å². The Bertz CT molecular complexity index is 551. The Morgan fingerprint density at radius 3 is 2.59 bits per heavy atom. The molecule has 9 heteroatoms. The Balaban J connectivity index is 0.00000512. The van der Waals surface area contributed by atoms with Crippen molar-refractivity contribution >= 4 is 36.0 Å². The highest BCUT2D eigenvalue weighted by Gasteiger charge is 2.27. The molecule has 0 aromatic heterocycles. The zero-order valence-corrected chi connectivity index (χ0v) is 22.8. The second-order valence-electron chi connectivity index (χ2n) is 9.57. The van der Waals surface area contributed by atoms with Crippen molar-refractivity contribution in [3.63, 3.8) is 0 Å². The molecule has 1 unspecified atom stereocenters. The lowest BCUT2D eigenvalue weighted by atomic mass is 9.98. The first-order valence-corrected chi connectivity index (χ1v) is 12.0. The normalized spacial score (nSPS) is 20.4. The Hall–Kier alpha value is -0.810. The smallest absolute Gasteiger partial charge is 0.410 e. The largest absolute Gasteiger partial charge is 0.444 e. The summed E-state index contributed by atoms with van der Waals surface area (Å²) in [6.07, 6.45) is 5.04. The van der Waals surface area contributed by atoms with Crippen LogP contribution in [0.25, 0.3) is 0 Å². The van der Waals surface area contributed by atoms with E-state index in [4.69, 9.17) is 19.2 Å². The van der Waals surface area contributed by atoms with Gasteiger partial charge in [-0.3, -0.25) is 4.99 Å². The fourth-order valence-corrected chi connectivity index (χ4v) is 3.81. The second kappa shape index (κ2) is 15.9. The van der Waals surface area contributed by atoms with Crippen LogP contribution in [0.5, 0.6) is 0 Å².